The molecule has 4 nitrogen and oxygen atoms in total. The number of rotatable bonds is 11. The minimum absolute atomic E-state index is 0.0356. The Balaban J connectivity index is 2.81. The van der Waals surface area contributed by atoms with Crippen molar-refractivity contribution in [2.24, 2.45) is 0 Å². The van der Waals surface area contributed by atoms with E-state index >= 15 is 0 Å². The highest BCUT2D eigenvalue weighted by Gasteiger charge is 2.24. The lowest BCUT2D eigenvalue weighted by Gasteiger charge is -2.28. The van der Waals surface area contributed by atoms with Gasteiger partial charge in [-0.25, -0.2) is 0 Å². The maximum atomic E-state index is 11.6. The van der Waals surface area contributed by atoms with E-state index < -0.39 is 0 Å². The quantitative estimate of drug-likeness (QED) is 0.490. The van der Waals surface area contributed by atoms with E-state index in [1.165, 1.54) is 24.8 Å². The Morgan fingerprint density at radius 2 is 2.00 bits per heavy atom. The van der Waals surface area contributed by atoms with Crippen molar-refractivity contribution in [3.05, 3.63) is 29.3 Å². The summed E-state index contributed by atoms with van der Waals surface area (Å²) in [6.45, 7) is 6.64. The SMILES string of the molecule is CCCCCC(C)(C)c1cc(CCC(=O)OCCO)ccc1OC. The summed E-state index contributed by atoms with van der Waals surface area (Å²) in [4.78, 5) is 11.6. The molecular weight excluding hydrogens is 304 g/mol. The van der Waals surface area contributed by atoms with E-state index in [1.807, 2.05) is 12.1 Å². The van der Waals surface area contributed by atoms with Crippen LogP contribution in [0.2, 0.25) is 0 Å². The van der Waals surface area contributed by atoms with Crippen molar-refractivity contribution in [2.45, 2.75) is 64.7 Å². The number of carbonyl (C=O) groups is 1. The standard InChI is InChI=1S/C20H32O4/c1-5-6-7-12-20(2,3)17-15-16(8-10-18(17)23-4)9-11-19(22)24-14-13-21/h8,10,15,21H,5-7,9,11-14H2,1-4H3. The van der Waals surface area contributed by atoms with Crippen molar-refractivity contribution in [2.75, 3.05) is 20.3 Å². The third-order valence-electron chi connectivity index (χ3n) is 4.37. The van der Waals surface area contributed by atoms with Crippen LogP contribution in [-0.2, 0) is 21.4 Å². The smallest absolute Gasteiger partial charge is 0.306 e. The van der Waals surface area contributed by atoms with Gasteiger partial charge in [0.05, 0.1) is 13.7 Å². The number of carbonyl (C=O) groups excluding carboxylic acids is 1. The fraction of sp³-hybridized carbons (Fsp3) is 0.650. The number of aliphatic hydroxyl groups is 1. The highest BCUT2D eigenvalue weighted by Crippen LogP contribution is 2.36. The van der Waals surface area contributed by atoms with Gasteiger partial charge in [-0.15, -0.1) is 0 Å². The van der Waals surface area contributed by atoms with Crippen LogP contribution in [0.4, 0.5) is 0 Å². The summed E-state index contributed by atoms with van der Waals surface area (Å²) in [5.41, 5.74) is 2.34. The van der Waals surface area contributed by atoms with E-state index in [0.29, 0.717) is 12.8 Å². The molecule has 136 valence electrons. The van der Waals surface area contributed by atoms with Crippen LogP contribution in [0.25, 0.3) is 0 Å². The second-order valence-corrected chi connectivity index (χ2v) is 6.82. The molecule has 1 rings (SSSR count). The summed E-state index contributed by atoms with van der Waals surface area (Å²) in [5.74, 6) is 0.631. The molecule has 0 amide bonds. The first-order valence-electron chi connectivity index (χ1n) is 8.88. The van der Waals surface area contributed by atoms with Crippen LogP contribution in [0, 0.1) is 0 Å². The molecule has 0 heterocycles. The number of esters is 1. The van der Waals surface area contributed by atoms with Gasteiger partial charge in [0.15, 0.2) is 0 Å². The lowest BCUT2D eigenvalue weighted by Crippen LogP contribution is -2.18. The van der Waals surface area contributed by atoms with Crippen molar-refractivity contribution in [3.63, 3.8) is 0 Å². The minimum atomic E-state index is -0.274. The van der Waals surface area contributed by atoms with Crippen LogP contribution < -0.4 is 4.74 Å². The number of unbranched alkanes of at least 4 members (excludes halogenated alkanes) is 2. The first-order valence-corrected chi connectivity index (χ1v) is 8.88. The minimum Gasteiger partial charge on any atom is -0.496 e. The first-order chi connectivity index (χ1) is 11.4. The van der Waals surface area contributed by atoms with Crippen molar-refractivity contribution < 1.29 is 19.4 Å². The normalized spacial score (nSPS) is 11.4. The van der Waals surface area contributed by atoms with Gasteiger partial charge in [-0.3, -0.25) is 4.79 Å². The molecule has 0 atom stereocenters. The number of methoxy groups -OCH3 is 1. The average Bonchev–Trinajstić information content (AvgIpc) is 2.58. The Labute approximate surface area is 146 Å². The van der Waals surface area contributed by atoms with Crippen LogP contribution in [0.5, 0.6) is 5.75 Å². The molecule has 0 fully saturated rings. The second kappa shape index (κ2) is 10.3. The molecule has 0 saturated heterocycles. The largest absolute Gasteiger partial charge is 0.496 e. The molecule has 1 aromatic rings. The molecule has 0 radical (unpaired) electrons. The second-order valence-electron chi connectivity index (χ2n) is 6.82. The summed E-state index contributed by atoms with van der Waals surface area (Å²) in [7, 11) is 1.70. The van der Waals surface area contributed by atoms with Crippen molar-refractivity contribution in [3.8, 4) is 5.75 Å². The van der Waals surface area contributed by atoms with Gasteiger partial charge >= 0.3 is 5.97 Å². The molecule has 1 aromatic carbocycles. The van der Waals surface area contributed by atoms with Crippen LogP contribution in [-0.4, -0.2) is 31.4 Å². The van der Waals surface area contributed by atoms with Crippen LogP contribution in [0.3, 0.4) is 0 Å². The predicted octanol–water partition coefficient (Wildman–Crippen LogP) is 4.02. The van der Waals surface area contributed by atoms with Gasteiger partial charge in [0.1, 0.15) is 12.4 Å². The molecular formula is C20H32O4. The molecule has 0 spiro atoms. The topological polar surface area (TPSA) is 55.8 Å². The van der Waals surface area contributed by atoms with E-state index in [9.17, 15) is 4.79 Å². The fourth-order valence-corrected chi connectivity index (χ4v) is 2.87. The highest BCUT2D eigenvalue weighted by molar-refractivity contribution is 5.69. The predicted molar refractivity (Wildman–Crippen MR) is 96.5 cm³/mol. The average molecular weight is 336 g/mol. The van der Waals surface area contributed by atoms with Gasteiger partial charge in [-0.1, -0.05) is 52.2 Å². The van der Waals surface area contributed by atoms with Crippen LogP contribution >= 0.6 is 0 Å². The van der Waals surface area contributed by atoms with E-state index in [-0.39, 0.29) is 24.6 Å². The fourth-order valence-electron chi connectivity index (χ4n) is 2.87. The van der Waals surface area contributed by atoms with Gasteiger partial charge in [-0.05, 0) is 29.9 Å². The molecule has 0 unspecified atom stereocenters. The lowest BCUT2D eigenvalue weighted by atomic mass is 9.78. The molecule has 0 bridgehead atoms. The molecule has 0 aliphatic rings. The summed E-state index contributed by atoms with van der Waals surface area (Å²) in [6, 6.07) is 6.15. The molecule has 0 aliphatic carbocycles. The Morgan fingerprint density at radius 3 is 2.62 bits per heavy atom. The van der Waals surface area contributed by atoms with Gasteiger partial charge in [-0.2, -0.15) is 0 Å². The van der Waals surface area contributed by atoms with Gasteiger partial charge in [0.25, 0.3) is 0 Å². The van der Waals surface area contributed by atoms with Gasteiger partial charge in [0, 0.05) is 12.0 Å². The zero-order valence-corrected chi connectivity index (χ0v) is 15.6. The third kappa shape index (κ3) is 6.52. The van der Waals surface area contributed by atoms with E-state index in [2.05, 4.69) is 26.8 Å². The Bertz CT molecular complexity index is 508. The highest BCUT2D eigenvalue weighted by atomic mass is 16.5. The zero-order chi connectivity index (χ0) is 18.0. The monoisotopic (exact) mass is 336 g/mol. The summed E-state index contributed by atoms with van der Waals surface area (Å²) >= 11 is 0. The molecule has 0 aromatic heterocycles. The number of hydrogen-bond acceptors (Lipinski definition) is 4. The maximum absolute atomic E-state index is 11.6. The summed E-state index contributed by atoms with van der Waals surface area (Å²) in [5, 5.41) is 8.68. The Kier molecular flexibility index (Phi) is 8.83. The number of hydrogen-bond donors (Lipinski definition) is 1. The van der Waals surface area contributed by atoms with E-state index in [0.717, 1.165) is 17.7 Å². The number of aliphatic hydroxyl groups excluding tert-OH is 1. The summed E-state index contributed by atoms with van der Waals surface area (Å²) < 4.78 is 10.5. The number of aryl methyl sites for hydroxylation is 1. The Hall–Kier alpha value is -1.55. The number of benzene rings is 1. The van der Waals surface area contributed by atoms with E-state index in [1.54, 1.807) is 7.11 Å². The summed E-state index contributed by atoms with van der Waals surface area (Å²) in [6.07, 6.45) is 5.71. The lowest BCUT2D eigenvalue weighted by molar-refractivity contribution is -0.144. The van der Waals surface area contributed by atoms with Crippen LogP contribution in [0.15, 0.2) is 18.2 Å². The van der Waals surface area contributed by atoms with Gasteiger partial charge in [0.2, 0.25) is 0 Å². The van der Waals surface area contributed by atoms with Crippen LogP contribution in [0.1, 0.15) is 64.0 Å². The molecule has 24 heavy (non-hydrogen) atoms. The molecule has 4 heteroatoms. The molecule has 0 aliphatic heterocycles. The van der Waals surface area contributed by atoms with E-state index in [4.69, 9.17) is 14.6 Å². The zero-order valence-electron chi connectivity index (χ0n) is 15.6. The number of ether oxygens (including phenoxy) is 2. The first kappa shape index (κ1) is 20.5. The van der Waals surface area contributed by atoms with Crippen molar-refractivity contribution in [1.82, 2.24) is 0 Å². The van der Waals surface area contributed by atoms with Crippen molar-refractivity contribution >= 4 is 5.97 Å². The maximum Gasteiger partial charge on any atom is 0.306 e. The third-order valence-corrected chi connectivity index (χ3v) is 4.37. The Morgan fingerprint density at radius 1 is 1.25 bits per heavy atom. The molecule has 0 saturated carbocycles. The molecule has 1 N–H and O–H groups in total. The van der Waals surface area contributed by atoms with Crippen molar-refractivity contribution in [1.29, 1.82) is 0 Å². The van der Waals surface area contributed by atoms with Gasteiger partial charge < -0.3 is 14.6 Å².